The van der Waals surface area contributed by atoms with Crippen molar-refractivity contribution in [3.63, 3.8) is 0 Å². The third-order valence-corrected chi connectivity index (χ3v) is 3.98. The van der Waals surface area contributed by atoms with Crippen LogP contribution in [0.3, 0.4) is 0 Å². The van der Waals surface area contributed by atoms with E-state index in [2.05, 4.69) is 10.4 Å². The molecule has 2 heterocycles. The number of para-hydroxylation sites is 2. The van der Waals surface area contributed by atoms with Crippen LogP contribution in [0.15, 0.2) is 24.3 Å². The molecule has 2 aromatic rings. The lowest BCUT2D eigenvalue weighted by molar-refractivity contribution is 0.0902. The SMILES string of the molecule is Cc1nn(C)c(Cl)c1CNCC1COc2ccccc2O1. The van der Waals surface area contributed by atoms with Gasteiger partial charge in [0.05, 0.1) is 5.69 Å². The molecule has 112 valence electrons. The van der Waals surface area contributed by atoms with Crippen LogP contribution in [0, 0.1) is 6.92 Å². The molecule has 0 aliphatic carbocycles. The Kier molecular flexibility index (Phi) is 4.03. The molecule has 0 amide bonds. The maximum atomic E-state index is 6.21. The number of nitrogens with one attached hydrogen (secondary N) is 1. The van der Waals surface area contributed by atoms with E-state index in [1.54, 1.807) is 4.68 Å². The van der Waals surface area contributed by atoms with Crippen molar-refractivity contribution in [2.24, 2.45) is 7.05 Å². The van der Waals surface area contributed by atoms with Gasteiger partial charge in [-0.1, -0.05) is 23.7 Å². The molecule has 1 aliphatic rings. The molecule has 0 saturated carbocycles. The second-order valence-electron chi connectivity index (χ2n) is 5.11. The molecule has 0 fully saturated rings. The van der Waals surface area contributed by atoms with E-state index in [9.17, 15) is 0 Å². The van der Waals surface area contributed by atoms with Crippen molar-refractivity contribution in [2.45, 2.75) is 19.6 Å². The zero-order chi connectivity index (χ0) is 14.8. The topological polar surface area (TPSA) is 48.3 Å². The number of nitrogens with zero attached hydrogens (tertiary/aromatic N) is 2. The Morgan fingerprint density at radius 2 is 2.14 bits per heavy atom. The van der Waals surface area contributed by atoms with Crippen LogP contribution < -0.4 is 14.8 Å². The fourth-order valence-electron chi connectivity index (χ4n) is 2.40. The Morgan fingerprint density at radius 3 is 2.86 bits per heavy atom. The minimum absolute atomic E-state index is 0.00402. The molecule has 5 nitrogen and oxygen atoms in total. The molecule has 0 bridgehead atoms. The van der Waals surface area contributed by atoms with Crippen LogP contribution in [0.5, 0.6) is 11.5 Å². The molecule has 1 aliphatic heterocycles. The highest BCUT2D eigenvalue weighted by molar-refractivity contribution is 6.30. The van der Waals surface area contributed by atoms with Gasteiger partial charge in [-0.15, -0.1) is 0 Å². The molecule has 1 aromatic heterocycles. The lowest BCUT2D eigenvalue weighted by Gasteiger charge is -2.26. The highest BCUT2D eigenvalue weighted by Gasteiger charge is 2.20. The first-order chi connectivity index (χ1) is 10.1. The van der Waals surface area contributed by atoms with E-state index in [0.29, 0.717) is 24.8 Å². The van der Waals surface area contributed by atoms with Gasteiger partial charge < -0.3 is 14.8 Å². The van der Waals surface area contributed by atoms with E-state index in [1.165, 1.54) is 0 Å². The zero-order valence-electron chi connectivity index (χ0n) is 12.1. The van der Waals surface area contributed by atoms with Gasteiger partial charge in [-0.3, -0.25) is 4.68 Å². The summed E-state index contributed by atoms with van der Waals surface area (Å²) < 4.78 is 13.3. The van der Waals surface area contributed by atoms with Gasteiger partial charge in [0, 0.05) is 25.7 Å². The smallest absolute Gasteiger partial charge is 0.161 e. The number of benzene rings is 1. The van der Waals surface area contributed by atoms with Gasteiger partial charge in [-0.25, -0.2) is 0 Å². The molecular weight excluding hydrogens is 290 g/mol. The second kappa shape index (κ2) is 5.95. The van der Waals surface area contributed by atoms with Crippen LogP contribution in [0.2, 0.25) is 5.15 Å². The maximum absolute atomic E-state index is 6.21. The quantitative estimate of drug-likeness (QED) is 0.941. The monoisotopic (exact) mass is 307 g/mol. The predicted octanol–water partition coefficient (Wildman–Crippen LogP) is 2.31. The number of ether oxygens (including phenoxy) is 2. The van der Waals surface area contributed by atoms with E-state index >= 15 is 0 Å². The third kappa shape index (κ3) is 2.99. The van der Waals surface area contributed by atoms with Gasteiger partial charge in [-0.05, 0) is 19.1 Å². The van der Waals surface area contributed by atoms with Crippen LogP contribution in [0.4, 0.5) is 0 Å². The molecular formula is C15H18ClN3O2. The van der Waals surface area contributed by atoms with E-state index in [4.69, 9.17) is 21.1 Å². The summed E-state index contributed by atoms with van der Waals surface area (Å²) in [6, 6.07) is 7.71. The highest BCUT2D eigenvalue weighted by Crippen LogP contribution is 2.30. The summed E-state index contributed by atoms with van der Waals surface area (Å²) in [5, 5.41) is 8.32. The summed E-state index contributed by atoms with van der Waals surface area (Å²) in [7, 11) is 1.84. The minimum atomic E-state index is -0.00402. The highest BCUT2D eigenvalue weighted by atomic mass is 35.5. The summed E-state index contributed by atoms with van der Waals surface area (Å²) in [5.41, 5.74) is 1.97. The first-order valence-corrected chi connectivity index (χ1v) is 7.30. The molecule has 3 rings (SSSR count). The predicted molar refractivity (Wildman–Crippen MR) is 81.0 cm³/mol. The maximum Gasteiger partial charge on any atom is 0.161 e. The van der Waals surface area contributed by atoms with Gasteiger partial charge in [0.25, 0.3) is 0 Å². The van der Waals surface area contributed by atoms with Gasteiger partial charge in [0.1, 0.15) is 17.9 Å². The molecule has 1 atom stereocenters. The Balaban J connectivity index is 1.55. The number of aromatic nitrogens is 2. The average molecular weight is 308 g/mol. The van der Waals surface area contributed by atoms with Gasteiger partial charge >= 0.3 is 0 Å². The fraction of sp³-hybridized carbons (Fsp3) is 0.400. The standard InChI is InChI=1S/C15H18ClN3O2/c1-10-12(15(16)19(2)18-10)8-17-7-11-9-20-13-5-3-4-6-14(13)21-11/h3-6,11,17H,7-9H2,1-2H3. The van der Waals surface area contributed by atoms with Crippen molar-refractivity contribution < 1.29 is 9.47 Å². The number of halogens is 1. The molecule has 6 heteroatoms. The average Bonchev–Trinajstić information content (AvgIpc) is 2.73. The molecule has 0 saturated heterocycles. The number of fused-ring (bicyclic) bond motifs is 1. The van der Waals surface area contributed by atoms with Crippen molar-refractivity contribution in [2.75, 3.05) is 13.2 Å². The van der Waals surface area contributed by atoms with Crippen LogP contribution in [-0.4, -0.2) is 29.0 Å². The fourth-order valence-corrected chi connectivity index (χ4v) is 2.64. The number of aryl methyl sites for hydroxylation is 2. The summed E-state index contributed by atoms with van der Waals surface area (Å²) in [4.78, 5) is 0. The van der Waals surface area contributed by atoms with Gasteiger partial charge in [0.15, 0.2) is 11.5 Å². The number of rotatable bonds is 4. The second-order valence-corrected chi connectivity index (χ2v) is 5.46. The molecule has 0 spiro atoms. The molecule has 1 N–H and O–H groups in total. The first kappa shape index (κ1) is 14.2. The van der Waals surface area contributed by atoms with Crippen molar-refractivity contribution in [1.82, 2.24) is 15.1 Å². The van der Waals surface area contributed by atoms with Gasteiger partial charge in [-0.2, -0.15) is 5.10 Å². The minimum Gasteiger partial charge on any atom is -0.486 e. The van der Waals surface area contributed by atoms with Crippen molar-refractivity contribution >= 4 is 11.6 Å². The lowest BCUT2D eigenvalue weighted by atomic mass is 10.2. The number of hydrogen-bond acceptors (Lipinski definition) is 4. The van der Waals surface area contributed by atoms with Crippen LogP contribution >= 0.6 is 11.6 Å². The lowest BCUT2D eigenvalue weighted by Crippen LogP contribution is -2.38. The molecule has 0 radical (unpaired) electrons. The number of hydrogen-bond donors (Lipinski definition) is 1. The zero-order valence-corrected chi connectivity index (χ0v) is 12.9. The summed E-state index contributed by atoms with van der Waals surface area (Å²) in [6.45, 7) is 3.86. The van der Waals surface area contributed by atoms with Crippen molar-refractivity contribution in [3.8, 4) is 11.5 Å². The molecule has 1 aromatic carbocycles. The van der Waals surface area contributed by atoms with Crippen LogP contribution in [-0.2, 0) is 13.6 Å². The summed E-state index contributed by atoms with van der Waals surface area (Å²) in [6.07, 6.45) is -0.00402. The summed E-state index contributed by atoms with van der Waals surface area (Å²) in [5.74, 6) is 1.60. The Morgan fingerprint density at radius 1 is 1.38 bits per heavy atom. The van der Waals surface area contributed by atoms with E-state index in [-0.39, 0.29) is 6.10 Å². The van der Waals surface area contributed by atoms with E-state index in [1.807, 2.05) is 38.2 Å². The van der Waals surface area contributed by atoms with Crippen molar-refractivity contribution in [3.05, 3.63) is 40.7 Å². The van der Waals surface area contributed by atoms with Crippen LogP contribution in [0.25, 0.3) is 0 Å². The van der Waals surface area contributed by atoms with Crippen molar-refractivity contribution in [1.29, 1.82) is 0 Å². The van der Waals surface area contributed by atoms with Crippen LogP contribution in [0.1, 0.15) is 11.3 Å². The molecule has 1 unspecified atom stereocenters. The van der Waals surface area contributed by atoms with E-state index < -0.39 is 0 Å². The van der Waals surface area contributed by atoms with E-state index in [0.717, 1.165) is 22.8 Å². The third-order valence-electron chi connectivity index (χ3n) is 3.51. The largest absolute Gasteiger partial charge is 0.486 e. The van der Waals surface area contributed by atoms with Gasteiger partial charge in [0.2, 0.25) is 0 Å². The Labute approximate surface area is 128 Å². The summed E-state index contributed by atoms with van der Waals surface area (Å²) >= 11 is 6.21. The Hall–Kier alpha value is -1.72. The normalized spacial score (nSPS) is 17.0. The molecule has 21 heavy (non-hydrogen) atoms. The first-order valence-electron chi connectivity index (χ1n) is 6.92. The Bertz CT molecular complexity index is 642.